The Morgan fingerprint density at radius 1 is 1.22 bits per heavy atom. The fourth-order valence-electron chi connectivity index (χ4n) is 2.98. The highest BCUT2D eigenvalue weighted by Crippen LogP contribution is 2.35. The van der Waals surface area contributed by atoms with Gasteiger partial charge in [0, 0.05) is 35.3 Å². The van der Waals surface area contributed by atoms with Crippen molar-refractivity contribution in [3.63, 3.8) is 0 Å². The summed E-state index contributed by atoms with van der Waals surface area (Å²) in [6.45, 7) is 4.07. The molecular formula is C17H20N6. The summed E-state index contributed by atoms with van der Waals surface area (Å²) >= 11 is 0. The second kappa shape index (κ2) is 6.21. The molecule has 0 saturated carbocycles. The number of nitriles is 1. The van der Waals surface area contributed by atoms with Crippen LogP contribution in [0.15, 0.2) is 12.4 Å². The van der Waals surface area contributed by atoms with Crippen LogP contribution >= 0.6 is 0 Å². The quantitative estimate of drug-likeness (QED) is 0.904. The van der Waals surface area contributed by atoms with Crippen molar-refractivity contribution >= 4 is 11.8 Å². The van der Waals surface area contributed by atoms with Crippen molar-refractivity contribution in [3.05, 3.63) is 29.2 Å². The Hall–Kier alpha value is -2.68. The summed E-state index contributed by atoms with van der Waals surface area (Å²) in [4.78, 5) is 13.1. The molecule has 0 unspecified atom stereocenters. The summed E-state index contributed by atoms with van der Waals surface area (Å²) in [5.74, 6) is 0.880. The van der Waals surface area contributed by atoms with Crippen molar-refractivity contribution in [1.29, 1.82) is 5.26 Å². The summed E-state index contributed by atoms with van der Waals surface area (Å²) < 4.78 is 0. The zero-order valence-corrected chi connectivity index (χ0v) is 13.4. The van der Waals surface area contributed by atoms with Crippen LogP contribution in [0.25, 0.3) is 11.1 Å². The first-order chi connectivity index (χ1) is 11.1. The summed E-state index contributed by atoms with van der Waals surface area (Å²) in [6, 6.07) is 2.46. The molecule has 0 aliphatic heterocycles. The zero-order chi connectivity index (χ0) is 16.4. The van der Waals surface area contributed by atoms with Gasteiger partial charge in [-0.05, 0) is 45.1 Å². The number of nitrogens with one attached hydrogen (secondary N) is 1. The lowest BCUT2D eigenvalue weighted by Gasteiger charge is -2.20. The maximum atomic E-state index is 9.51. The van der Waals surface area contributed by atoms with Gasteiger partial charge in [-0.25, -0.2) is 15.0 Å². The third-order valence-corrected chi connectivity index (χ3v) is 3.97. The van der Waals surface area contributed by atoms with Crippen LogP contribution in [0.5, 0.6) is 0 Å². The molecule has 0 radical (unpaired) electrons. The molecule has 2 aromatic rings. The Morgan fingerprint density at radius 2 is 1.91 bits per heavy atom. The van der Waals surface area contributed by atoms with Crippen LogP contribution in [0, 0.1) is 11.3 Å². The van der Waals surface area contributed by atoms with Gasteiger partial charge in [0.05, 0.1) is 0 Å². The molecule has 0 spiro atoms. The van der Waals surface area contributed by atoms with Crippen molar-refractivity contribution in [2.75, 3.05) is 11.1 Å². The molecular weight excluding hydrogens is 288 g/mol. The van der Waals surface area contributed by atoms with Gasteiger partial charge in [0.2, 0.25) is 5.95 Å². The van der Waals surface area contributed by atoms with Crippen molar-refractivity contribution < 1.29 is 0 Å². The standard InChI is InChI=1S/C17H20N6/c1-10(2)22-17-20-8-11(9-21-17)15-12-5-3-4-6-14(12)23-16(19)13(15)7-18/h8-10H,3-6H2,1-2H3,(H2,19,23)(H,20,21,22). The minimum atomic E-state index is 0.264. The molecule has 3 rings (SSSR count). The molecule has 0 amide bonds. The molecule has 1 aliphatic carbocycles. The van der Waals surface area contributed by atoms with E-state index in [1.807, 2.05) is 13.8 Å². The van der Waals surface area contributed by atoms with Crippen LogP contribution in [0.3, 0.4) is 0 Å². The average molecular weight is 308 g/mol. The molecule has 118 valence electrons. The number of aryl methyl sites for hydroxylation is 1. The maximum absolute atomic E-state index is 9.51. The number of fused-ring (bicyclic) bond motifs is 1. The molecule has 0 fully saturated rings. The van der Waals surface area contributed by atoms with Crippen molar-refractivity contribution in [2.24, 2.45) is 0 Å². The maximum Gasteiger partial charge on any atom is 0.222 e. The fraction of sp³-hybridized carbons (Fsp3) is 0.412. The average Bonchev–Trinajstić information content (AvgIpc) is 2.54. The van der Waals surface area contributed by atoms with Gasteiger partial charge in [0.25, 0.3) is 0 Å². The van der Waals surface area contributed by atoms with Gasteiger partial charge in [-0.2, -0.15) is 5.26 Å². The minimum Gasteiger partial charge on any atom is -0.383 e. The topological polar surface area (TPSA) is 101 Å². The Bertz CT molecular complexity index is 758. The predicted molar refractivity (Wildman–Crippen MR) is 89.8 cm³/mol. The summed E-state index contributed by atoms with van der Waals surface area (Å²) in [5, 5.41) is 12.7. The summed E-state index contributed by atoms with van der Waals surface area (Å²) in [7, 11) is 0. The molecule has 6 heteroatoms. The van der Waals surface area contributed by atoms with Crippen LogP contribution < -0.4 is 11.1 Å². The number of anilines is 2. The second-order valence-electron chi connectivity index (χ2n) is 6.09. The van der Waals surface area contributed by atoms with Crippen LogP contribution in [0.4, 0.5) is 11.8 Å². The van der Waals surface area contributed by atoms with E-state index in [4.69, 9.17) is 5.73 Å². The zero-order valence-electron chi connectivity index (χ0n) is 13.4. The number of aromatic nitrogens is 3. The molecule has 2 heterocycles. The SMILES string of the molecule is CC(C)Nc1ncc(-c2c(C#N)c(N)nc3c2CCCC3)cn1. The largest absolute Gasteiger partial charge is 0.383 e. The fourth-order valence-corrected chi connectivity index (χ4v) is 2.98. The Kier molecular flexibility index (Phi) is 4.11. The molecule has 3 N–H and O–H groups in total. The van der Waals surface area contributed by atoms with Crippen molar-refractivity contribution in [1.82, 2.24) is 15.0 Å². The van der Waals surface area contributed by atoms with Gasteiger partial charge in [0.15, 0.2) is 0 Å². The smallest absolute Gasteiger partial charge is 0.222 e. The number of nitrogens with zero attached hydrogens (tertiary/aromatic N) is 4. The minimum absolute atomic E-state index is 0.264. The van der Waals surface area contributed by atoms with Gasteiger partial charge in [-0.15, -0.1) is 0 Å². The van der Waals surface area contributed by atoms with E-state index in [0.29, 0.717) is 17.3 Å². The van der Waals surface area contributed by atoms with E-state index >= 15 is 0 Å². The van der Waals surface area contributed by atoms with Gasteiger partial charge in [0.1, 0.15) is 17.5 Å². The lowest BCUT2D eigenvalue weighted by atomic mass is 9.87. The van der Waals surface area contributed by atoms with Gasteiger partial charge in [-0.1, -0.05) is 0 Å². The van der Waals surface area contributed by atoms with E-state index in [-0.39, 0.29) is 6.04 Å². The molecule has 0 bridgehead atoms. The molecule has 6 nitrogen and oxygen atoms in total. The highest BCUT2D eigenvalue weighted by Gasteiger charge is 2.22. The number of hydrogen-bond acceptors (Lipinski definition) is 6. The van der Waals surface area contributed by atoms with Crippen LogP contribution in [0.2, 0.25) is 0 Å². The molecule has 0 aromatic carbocycles. The highest BCUT2D eigenvalue weighted by molar-refractivity contribution is 5.78. The second-order valence-corrected chi connectivity index (χ2v) is 6.09. The first-order valence-corrected chi connectivity index (χ1v) is 7.90. The molecule has 0 saturated heterocycles. The Balaban J connectivity index is 2.11. The molecule has 2 aromatic heterocycles. The Labute approximate surface area is 135 Å². The van der Waals surface area contributed by atoms with E-state index < -0.39 is 0 Å². The first kappa shape index (κ1) is 15.2. The third kappa shape index (κ3) is 2.95. The molecule has 1 aliphatic rings. The van der Waals surface area contributed by atoms with E-state index in [2.05, 4.69) is 26.3 Å². The van der Waals surface area contributed by atoms with Gasteiger partial charge >= 0.3 is 0 Å². The van der Waals surface area contributed by atoms with E-state index in [0.717, 1.165) is 48.1 Å². The number of rotatable bonds is 3. The third-order valence-electron chi connectivity index (χ3n) is 3.97. The number of nitrogen functional groups attached to an aromatic ring is 1. The molecule has 0 atom stereocenters. The van der Waals surface area contributed by atoms with Crippen LogP contribution in [-0.4, -0.2) is 21.0 Å². The van der Waals surface area contributed by atoms with Crippen LogP contribution in [-0.2, 0) is 12.8 Å². The number of hydrogen-bond donors (Lipinski definition) is 2. The number of pyridine rings is 1. The van der Waals surface area contributed by atoms with Gasteiger partial charge < -0.3 is 11.1 Å². The first-order valence-electron chi connectivity index (χ1n) is 7.90. The normalized spacial score (nSPS) is 13.5. The summed E-state index contributed by atoms with van der Waals surface area (Å²) in [6.07, 6.45) is 7.54. The van der Waals surface area contributed by atoms with E-state index in [9.17, 15) is 5.26 Å². The lowest BCUT2D eigenvalue weighted by Crippen LogP contribution is -2.13. The monoisotopic (exact) mass is 308 g/mol. The highest BCUT2D eigenvalue weighted by atomic mass is 15.1. The van der Waals surface area contributed by atoms with Crippen molar-refractivity contribution in [2.45, 2.75) is 45.6 Å². The predicted octanol–water partition coefficient (Wildman–Crippen LogP) is 2.69. The van der Waals surface area contributed by atoms with E-state index in [1.165, 1.54) is 0 Å². The summed E-state index contributed by atoms with van der Waals surface area (Å²) in [5.41, 5.74) is 10.2. The molecule has 23 heavy (non-hydrogen) atoms. The lowest BCUT2D eigenvalue weighted by molar-refractivity contribution is 0.670. The van der Waals surface area contributed by atoms with E-state index in [1.54, 1.807) is 12.4 Å². The van der Waals surface area contributed by atoms with Gasteiger partial charge in [-0.3, -0.25) is 0 Å². The van der Waals surface area contributed by atoms with Crippen molar-refractivity contribution in [3.8, 4) is 17.2 Å². The number of nitrogens with two attached hydrogens (primary N) is 1. The van der Waals surface area contributed by atoms with Crippen LogP contribution in [0.1, 0.15) is 43.5 Å². The Morgan fingerprint density at radius 3 is 2.57 bits per heavy atom.